The molecule has 1 aliphatic rings. The monoisotopic (exact) mass is 413 g/mol. The van der Waals surface area contributed by atoms with Gasteiger partial charge in [-0.15, -0.1) is 0 Å². The zero-order valence-corrected chi connectivity index (χ0v) is 15.5. The molecule has 6 nitrogen and oxygen atoms in total. The van der Waals surface area contributed by atoms with Crippen molar-refractivity contribution in [3.63, 3.8) is 0 Å². The highest BCUT2D eigenvalue weighted by molar-refractivity contribution is 9.10. The van der Waals surface area contributed by atoms with Gasteiger partial charge in [-0.2, -0.15) is 5.26 Å². The summed E-state index contributed by atoms with van der Waals surface area (Å²) < 4.78 is 25.0. The van der Waals surface area contributed by atoms with Crippen LogP contribution in [0.4, 0.5) is 4.39 Å². The Morgan fingerprint density at radius 3 is 2.84 bits per heavy atom. The molecule has 0 unspecified atom stereocenters. The summed E-state index contributed by atoms with van der Waals surface area (Å²) in [6, 6.07) is 6.45. The molecule has 0 aliphatic carbocycles. The van der Waals surface area contributed by atoms with Crippen LogP contribution in [0.3, 0.4) is 0 Å². The summed E-state index contributed by atoms with van der Waals surface area (Å²) in [7, 11) is 0. The lowest BCUT2D eigenvalue weighted by Crippen LogP contribution is -2.44. The Labute approximate surface area is 155 Å². The summed E-state index contributed by atoms with van der Waals surface area (Å²) in [4.78, 5) is 16.2. The van der Waals surface area contributed by atoms with Crippen molar-refractivity contribution in [2.45, 2.75) is 6.42 Å². The summed E-state index contributed by atoms with van der Waals surface area (Å²) in [6.07, 6.45) is 0.251. The smallest absolute Gasteiger partial charge is 0.260 e. The van der Waals surface area contributed by atoms with Crippen LogP contribution in [0.25, 0.3) is 0 Å². The normalized spacial score (nSPS) is 14.8. The fourth-order valence-electron chi connectivity index (χ4n) is 2.46. The molecule has 0 atom stereocenters. The minimum atomic E-state index is -0.529. The number of rotatable bonds is 8. The number of halogens is 2. The van der Waals surface area contributed by atoms with Gasteiger partial charge in [0.05, 0.1) is 25.7 Å². The largest absolute Gasteiger partial charge is 0.481 e. The van der Waals surface area contributed by atoms with E-state index in [0.717, 1.165) is 13.1 Å². The molecule has 136 valence electrons. The second-order valence-electron chi connectivity index (χ2n) is 5.61. The van der Waals surface area contributed by atoms with E-state index in [4.69, 9.17) is 14.7 Å². The van der Waals surface area contributed by atoms with Crippen LogP contribution in [0.2, 0.25) is 0 Å². The van der Waals surface area contributed by atoms with Gasteiger partial charge in [-0.25, -0.2) is 4.39 Å². The van der Waals surface area contributed by atoms with E-state index < -0.39 is 5.82 Å². The number of morpholine rings is 1. The number of carbonyl (C=O) groups excluding carboxylic acids is 1. The van der Waals surface area contributed by atoms with Crippen LogP contribution in [-0.4, -0.2) is 68.3 Å². The van der Waals surface area contributed by atoms with Crippen molar-refractivity contribution in [3.05, 3.63) is 28.5 Å². The first kappa shape index (κ1) is 19.6. The fourth-order valence-corrected chi connectivity index (χ4v) is 2.79. The van der Waals surface area contributed by atoms with E-state index in [1.807, 2.05) is 6.07 Å². The molecule has 0 radical (unpaired) electrons. The molecule has 1 amide bonds. The van der Waals surface area contributed by atoms with Gasteiger partial charge in [-0.05, 0) is 18.2 Å². The van der Waals surface area contributed by atoms with E-state index in [0.29, 0.717) is 37.3 Å². The molecular weight excluding hydrogens is 393 g/mol. The molecule has 1 aromatic carbocycles. The Morgan fingerprint density at radius 2 is 2.16 bits per heavy atom. The number of nitrogens with zero attached hydrogens (tertiary/aromatic N) is 3. The Kier molecular flexibility index (Phi) is 8.12. The van der Waals surface area contributed by atoms with Crippen molar-refractivity contribution in [2.75, 3.05) is 52.5 Å². The summed E-state index contributed by atoms with van der Waals surface area (Å²) in [5.41, 5.74) is 0. The first-order valence-corrected chi connectivity index (χ1v) is 8.92. The van der Waals surface area contributed by atoms with Crippen LogP contribution in [0.15, 0.2) is 22.7 Å². The van der Waals surface area contributed by atoms with Crippen LogP contribution >= 0.6 is 15.9 Å². The molecule has 0 spiro atoms. The van der Waals surface area contributed by atoms with Crippen LogP contribution < -0.4 is 4.74 Å². The maximum Gasteiger partial charge on any atom is 0.260 e. The van der Waals surface area contributed by atoms with E-state index in [2.05, 4.69) is 20.8 Å². The highest BCUT2D eigenvalue weighted by atomic mass is 79.9. The second-order valence-corrected chi connectivity index (χ2v) is 6.52. The molecule has 8 heteroatoms. The van der Waals surface area contributed by atoms with Gasteiger partial charge in [0.15, 0.2) is 18.2 Å². The van der Waals surface area contributed by atoms with E-state index >= 15 is 0 Å². The maximum atomic E-state index is 13.8. The van der Waals surface area contributed by atoms with Crippen molar-refractivity contribution >= 4 is 21.8 Å². The molecular formula is C17H21BrFN3O3. The first-order valence-electron chi connectivity index (χ1n) is 8.13. The van der Waals surface area contributed by atoms with Gasteiger partial charge in [0.25, 0.3) is 5.91 Å². The molecule has 0 bridgehead atoms. The number of amides is 1. The number of ether oxygens (including phenoxy) is 2. The maximum absolute atomic E-state index is 13.8. The fraction of sp³-hybridized carbons (Fsp3) is 0.529. The molecule has 1 aliphatic heterocycles. The number of carbonyl (C=O) groups is 1. The SMILES string of the molecule is N#CCCN(CCN1CCOCC1)C(=O)COc1ccc(Br)cc1F. The lowest BCUT2D eigenvalue weighted by atomic mass is 10.3. The lowest BCUT2D eigenvalue weighted by Gasteiger charge is -2.29. The van der Waals surface area contributed by atoms with Gasteiger partial charge in [-0.3, -0.25) is 9.69 Å². The summed E-state index contributed by atoms with van der Waals surface area (Å²) in [5.74, 6) is -0.755. The highest BCUT2D eigenvalue weighted by Crippen LogP contribution is 2.21. The van der Waals surface area contributed by atoms with Gasteiger partial charge in [-0.1, -0.05) is 15.9 Å². The van der Waals surface area contributed by atoms with E-state index in [9.17, 15) is 9.18 Å². The topological polar surface area (TPSA) is 65.8 Å². The number of hydrogen-bond donors (Lipinski definition) is 0. The quantitative estimate of drug-likeness (QED) is 0.652. The summed E-state index contributed by atoms with van der Waals surface area (Å²) in [5, 5.41) is 8.78. The molecule has 0 saturated carbocycles. The average molecular weight is 414 g/mol. The molecule has 2 rings (SSSR count). The van der Waals surface area contributed by atoms with Crippen molar-refractivity contribution in [1.82, 2.24) is 9.80 Å². The Balaban J connectivity index is 1.86. The van der Waals surface area contributed by atoms with Crippen LogP contribution in [0, 0.1) is 17.1 Å². The molecule has 1 fully saturated rings. The average Bonchev–Trinajstić information content (AvgIpc) is 2.61. The standard InChI is InChI=1S/C17H21BrFN3O3/c18-14-2-3-16(15(19)12-14)25-13-17(23)22(5-1-4-20)7-6-21-8-10-24-11-9-21/h2-3,12H,1,5-11,13H2. The van der Waals surface area contributed by atoms with Crippen LogP contribution in [0.1, 0.15) is 6.42 Å². The Bertz CT molecular complexity index is 618. The van der Waals surface area contributed by atoms with Crippen molar-refractivity contribution in [2.24, 2.45) is 0 Å². The minimum absolute atomic E-state index is 0.0324. The predicted octanol–water partition coefficient (Wildman–Crippen LogP) is 2.04. The summed E-state index contributed by atoms with van der Waals surface area (Å²) >= 11 is 3.17. The van der Waals surface area contributed by atoms with Crippen molar-refractivity contribution < 1.29 is 18.7 Å². The molecule has 1 saturated heterocycles. The number of nitriles is 1. The van der Waals surface area contributed by atoms with E-state index in [-0.39, 0.29) is 24.7 Å². The lowest BCUT2D eigenvalue weighted by molar-refractivity contribution is -0.133. The third-order valence-electron chi connectivity index (χ3n) is 3.88. The third kappa shape index (κ3) is 6.61. The molecule has 1 heterocycles. The molecule has 1 aromatic rings. The van der Waals surface area contributed by atoms with Crippen LogP contribution in [0.5, 0.6) is 5.75 Å². The second kappa shape index (κ2) is 10.3. The zero-order valence-electron chi connectivity index (χ0n) is 13.9. The third-order valence-corrected chi connectivity index (χ3v) is 4.37. The predicted molar refractivity (Wildman–Crippen MR) is 93.7 cm³/mol. The summed E-state index contributed by atoms with van der Waals surface area (Å²) in [6.45, 7) is 4.36. The van der Waals surface area contributed by atoms with Gasteiger partial charge in [0.1, 0.15) is 0 Å². The van der Waals surface area contributed by atoms with E-state index in [1.165, 1.54) is 12.1 Å². The van der Waals surface area contributed by atoms with Crippen molar-refractivity contribution in [1.29, 1.82) is 5.26 Å². The van der Waals surface area contributed by atoms with E-state index in [1.54, 1.807) is 11.0 Å². The molecule has 0 aromatic heterocycles. The van der Waals surface area contributed by atoms with Crippen LogP contribution in [-0.2, 0) is 9.53 Å². The zero-order chi connectivity index (χ0) is 18.1. The van der Waals surface area contributed by atoms with Gasteiger partial charge in [0.2, 0.25) is 0 Å². The Morgan fingerprint density at radius 1 is 1.40 bits per heavy atom. The Hall–Kier alpha value is -1.69. The van der Waals surface area contributed by atoms with Gasteiger partial charge in [0, 0.05) is 37.2 Å². The first-order chi connectivity index (χ1) is 12.1. The van der Waals surface area contributed by atoms with Gasteiger partial charge >= 0.3 is 0 Å². The van der Waals surface area contributed by atoms with Gasteiger partial charge < -0.3 is 14.4 Å². The number of benzene rings is 1. The minimum Gasteiger partial charge on any atom is -0.481 e. The number of hydrogen-bond acceptors (Lipinski definition) is 5. The highest BCUT2D eigenvalue weighted by Gasteiger charge is 2.17. The molecule has 25 heavy (non-hydrogen) atoms. The van der Waals surface area contributed by atoms with Crippen molar-refractivity contribution in [3.8, 4) is 11.8 Å². The molecule has 0 N–H and O–H groups in total.